The number of carbonyl (C=O) groups excluding carboxylic acids is 2. The smallest absolute Gasteiger partial charge is 0.294 e. The number of allylic oxidation sites excluding steroid dienone is 2. The maximum Gasteiger partial charge on any atom is 0.294 e. The van der Waals surface area contributed by atoms with Crippen LogP contribution in [-0.2, 0) is 24.4 Å². The van der Waals surface area contributed by atoms with Gasteiger partial charge in [0.15, 0.2) is 23.1 Å². The quantitative estimate of drug-likeness (QED) is 0.0493. The Morgan fingerprint density at radius 2 is 1.60 bits per heavy atom. The van der Waals surface area contributed by atoms with Crippen LogP contribution >= 0.6 is 0 Å². The van der Waals surface area contributed by atoms with Crippen molar-refractivity contribution in [1.82, 2.24) is 9.88 Å². The fourth-order valence-electron chi connectivity index (χ4n) is 5.65. The van der Waals surface area contributed by atoms with Gasteiger partial charge in [0.25, 0.3) is 10.1 Å². The summed E-state index contributed by atoms with van der Waals surface area (Å²) in [6.45, 7) is 13.5. The number of halogens is 2. The number of ether oxygens (including phenoxy) is 4. The van der Waals surface area contributed by atoms with Gasteiger partial charge in [0.2, 0.25) is 11.8 Å². The molecule has 0 spiro atoms. The van der Waals surface area contributed by atoms with Crippen LogP contribution in [0.15, 0.2) is 90.5 Å². The number of hydrogen-bond acceptors (Lipinski definition) is 10. The Morgan fingerprint density at radius 1 is 0.947 bits per heavy atom. The number of methoxy groups -OCH3 is 1. The van der Waals surface area contributed by atoms with Gasteiger partial charge in [-0.25, -0.2) is 8.78 Å². The fourth-order valence-corrected chi connectivity index (χ4v) is 6.16. The van der Waals surface area contributed by atoms with Crippen molar-refractivity contribution in [2.75, 3.05) is 57.2 Å². The Labute approximate surface area is 331 Å². The fraction of sp³-hybridized carbons (Fsp3) is 0.341. The van der Waals surface area contributed by atoms with Crippen LogP contribution in [0, 0.1) is 17.0 Å². The second-order valence-corrected chi connectivity index (χ2v) is 14.0. The molecule has 2 amide bonds. The first-order valence-corrected chi connectivity index (χ1v) is 19.8. The Balaban J connectivity index is 0.000000579. The van der Waals surface area contributed by atoms with E-state index in [0.717, 1.165) is 51.4 Å². The summed E-state index contributed by atoms with van der Waals surface area (Å²) in [5, 5.41) is 5.89. The number of nitrogens with one attached hydrogen (secondary N) is 2. The number of benzene rings is 3. The normalized spacial score (nSPS) is 14.8. The van der Waals surface area contributed by atoms with E-state index in [0.29, 0.717) is 53.3 Å². The maximum absolute atomic E-state index is 15.2. The third-order valence-electron chi connectivity index (χ3n) is 8.88. The third-order valence-corrected chi connectivity index (χ3v) is 9.88. The summed E-state index contributed by atoms with van der Waals surface area (Å²) in [5.74, 6) is -0.871. The van der Waals surface area contributed by atoms with Crippen molar-refractivity contribution in [2.24, 2.45) is 5.41 Å². The lowest BCUT2D eigenvalue weighted by atomic mass is 10.0. The molecule has 1 aromatic heterocycles. The van der Waals surface area contributed by atoms with E-state index in [1.807, 2.05) is 13.8 Å². The number of hydrogen-bond donors (Lipinski definition) is 3. The Hall–Kier alpha value is -5.42. The highest BCUT2D eigenvalue weighted by Crippen LogP contribution is 2.47. The van der Waals surface area contributed by atoms with Gasteiger partial charge in [0.05, 0.1) is 37.4 Å². The molecule has 0 unspecified atom stereocenters. The molecule has 2 aliphatic rings. The average Bonchev–Trinajstić information content (AvgIpc) is 4.02. The topological polar surface area (TPSA) is 166 Å². The lowest BCUT2D eigenvalue weighted by Crippen LogP contribution is -2.37. The van der Waals surface area contributed by atoms with Crippen molar-refractivity contribution in [1.29, 1.82) is 0 Å². The van der Waals surface area contributed by atoms with Gasteiger partial charge < -0.3 is 29.6 Å². The van der Waals surface area contributed by atoms with E-state index in [4.69, 9.17) is 23.5 Å². The first kappa shape index (κ1) is 44.3. The average molecular weight is 811 g/mol. The first-order valence-electron chi connectivity index (χ1n) is 18.4. The molecule has 13 nitrogen and oxygen atoms in total. The van der Waals surface area contributed by atoms with Crippen LogP contribution in [0.1, 0.15) is 40.0 Å². The van der Waals surface area contributed by atoms with E-state index >= 15 is 4.39 Å². The minimum atomic E-state index is -4.02. The molecule has 2 heterocycles. The molecule has 3 aromatic carbocycles. The summed E-state index contributed by atoms with van der Waals surface area (Å²) in [7, 11) is -2.48. The molecule has 1 aliphatic heterocycles. The molecule has 306 valence electrons. The van der Waals surface area contributed by atoms with E-state index in [1.54, 1.807) is 31.5 Å². The summed E-state index contributed by atoms with van der Waals surface area (Å²) in [4.78, 5) is 32.5. The SMILES string of the molecule is C=C/C(=C\C)S(=O)(=O)O.CC.COc1cc2c(Oc3ccc(NC(=O)C4(C(=O)Nc5ccc(F)cc5)CC4)cc3F)ccnc2cc1OCCCN1CCOCC1. The monoisotopic (exact) mass is 810 g/mol. The second kappa shape index (κ2) is 20.7. The second-order valence-electron chi connectivity index (χ2n) is 12.6. The molecule has 1 aliphatic carbocycles. The Bertz CT molecular complexity index is 2160. The van der Waals surface area contributed by atoms with Gasteiger partial charge in [0.1, 0.15) is 17.0 Å². The number of morpholine rings is 1. The highest BCUT2D eigenvalue weighted by atomic mass is 32.2. The number of pyridine rings is 1. The number of nitrogens with zero attached hydrogens (tertiary/aromatic N) is 2. The van der Waals surface area contributed by atoms with Gasteiger partial charge >= 0.3 is 0 Å². The van der Waals surface area contributed by atoms with E-state index < -0.39 is 39.0 Å². The van der Waals surface area contributed by atoms with Crippen molar-refractivity contribution >= 4 is 44.2 Å². The number of carbonyl (C=O) groups is 2. The van der Waals surface area contributed by atoms with Crippen LogP contribution in [-0.4, -0.2) is 81.2 Å². The molecule has 0 bridgehead atoms. The molecule has 4 aromatic rings. The van der Waals surface area contributed by atoms with Crippen molar-refractivity contribution in [2.45, 2.75) is 40.0 Å². The molecular formula is C41H48F2N4O9S. The maximum atomic E-state index is 15.2. The molecule has 57 heavy (non-hydrogen) atoms. The van der Waals surface area contributed by atoms with Crippen LogP contribution in [0.25, 0.3) is 10.9 Å². The van der Waals surface area contributed by atoms with Crippen molar-refractivity contribution in [3.63, 3.8) is 0 Å². The number of anilines is 2. The van der Waals surface area contributed by atoms with Crippen LogP contribution in [0.5, 0.6) is 23.0 Å². The molecule has 2 fully saturated rings. The number of rotatable bonds is 14. The van der Waals surface area contributed by atoms with Crippen LogP contribution < -0.4 is 24.8 Å². The first-order chi connectivity index (χ1) is 27.4. The predicted molar refractivity (Wildman–Crippen MR) is 214 cm³/mol. The van der Waals surface area contributed by atoms with E-state index in [-0.39, 0.29) is 16.3 Å². The summed E-state index contributed by atoms with van der Waals surface area (Å²) in [6.07, 6.45) is 5.44. The summed E-state index contributed by atoms with van der Waals surface area (Å²) < 4.78 is 80.1. The molecule has 6 rings (SSSR count). The molecule has 1 saturated heterocycles. The van der Waals surface area contributed by atoms with Crippen LogP contribution in [0.2, 0.25) is 0 Å². The van der Waals surface area contributed by atoms with E-state index in [1.165, 1.54) is 49.4 Å². The van der Waals surface area contributed by atoms with Gasteiger partial charge in [-0.05, 0) is 80.8 Å². The van der Waals surface area contributed by atoms with E-state index in [2.05, 4.69) is 27.1 Å². The molecule has 1 saturated carbocycles. The zero-order valence-corrected chi connectivity index (χ0v) is 33.2. The Kier molecular flexibility index (Phi) is 16.1. The highest BCUT2D eigenvalue weighted by Gasteiger charge is 2.56. The van der Waals surface area contributed by atoms with Gasteiger partial charge in [-0.1, -0.05) is 26.5 Å². The summed E-state index contributed by atoms with van der Waals surface area (Å²) in [5.41, 5.74) is -0.144. The van der Waals surface area contributed by atoms with Crippen molar-refractivity contribution in [3.05, 3.63) is 102 Å². The van der Waals surface area contributed by atoms with Crippen molar-refractivity contribution < 1.29 is 50.3 Å². The summed E-state index contributed by atoms with van der Waals surface area (Å²) in [6, 6.07) is 14.4. The summed E-state index contributed by atoms with van der Waals surface area (Å²) >= 11 is 0. The van der Waals surface area contributed by atoms with Gasteiger partial charge in [-0.3, -0.25) is 24.0 Å². The number of aromatic nitrogens is 1. The minimum absolute atomic E-state index is 0.0666. The molecule has 0 atom stereocenters. The van der Waals surface area contributed by atoms with Gasteiger partial charge in [-0.15, -0.1) is 0 Å². The lowest BCUT2D eigenvalue weighted by molar-refractivity contribution is -0.131. The van der Waals surface area contributed by atoms with Gasteiger partial charge in [-0.2, -0.15) is 8.42 Å². The highest BCUT2D eigenvalue weighted by molar-refractivity contribution is 7.90. The largest absolute Gasteiger partial charge is 0.493 e. The standard InChI is InChI=1S/C34H34F2N4O6.C5H8O3S.C2H6/c1-43-30-20-25-27(21-31(30)45-16-2-13-40-14-17-44-18-15-40)37-12-9-28(25)46-29-8-7-24(19-26(29)36)39-33(42)34(10-11-34)32(41)38-23-5-3-22(35)4-6-23;1-3-5(4-2)9(6,7)8;1-2/h3-9,12,19-21H,2,10-11,13-18H2,1H3,(H,38,41)(H,39,42);3-4H,1H2,2H3,(H,6,7,8);1-2H3/b;5-4+;. The third kappa shape index (κ3) is 12.0. The lowest BCUT2D eigenvalue weighted by Gasteiger charge is -2.26. The zero-order valence-electron chi connectivity index (χ0n) is 32.3. The number of amides is 2. The Morgan fingerprint density at radius 3 is 2.16 bits per heavy atom. The minimum Gasteiger partial charge on any atom is -0.493 e. The zero-order chi connectivity index (χ0) is 41.6. The van der Waals surface area contributed by atoms with Crippen LogP contribution in [0.4, 0.5) is 20.2 Å². The van der Waals surface area contributed by atoms with Crippen molar-refractivity contribution in [3.8, 4) is 23.0 Å². The molecule has 0 radical (unpaired) electrons. The van der Waals surface area contributed by atoms with Gasteiger partial charge in [0, 0.05) is 54.7 Å². The number of fused-ring (bicyclic) bond motifs is 1. The van der Waals surface area contributed by atoms with E-state index in [9.17, 15) is 22.4 Å². The predicted octanol–water partition coefficient (Wildman–Crippen LogP) is 7.76. The van der Waals surface area contributed by atoms with Crippen LogP contribution in [0.3, 0.4) is 0 Å². The molecule has 16 heteroatoms. The molecule has 3 N–H and O–H groups in total. The molecular weight excluding hydrogens is 763 g/mol.